The quantitative estimate of drug-likeness (QED) is 0.180. The summed E-state index contributed by atoms with van der Waals surface area (Å²) in [5.41, 5.74) is 5.76. The second-order valence-corrected chi connectivity index (χ2v) is 9.02. The molecule has 0 bridgehead atoms. The van der Waals surface area contributed by atoms with Gasteiger partial charge in [0.2, 0.25) is 23.6 Å². The van der Waals surface area contributed by atoms with Gasteiger partial charge in [0.1, 0.15) is 23.9 Å². The number of aromatic hydroxyl groups is 1. The number of phenolic OH excluding ortho intramolecular Hbond substituents is 1. The number of carboxylic acid groups (broad SMARTS) is 1. The molecule has 198 valence electrons. The van der Waals surface area contributed by atoms with E-state index in [0.717, 1.165) is 6.42 Å². The molecule has 1 fully saturated rings. The maximum atomic E-state index is 13.3. The van der Waals surface area contributed by atoms with E-state index in [0.29, 0.717) is 24.9 Å². The van der Waals surface area contributed by atoms with Crippen LogP contribution in [-0.2, 0) is 30.4 Å². The first-order valence-corrected chi connectivity index (χ1v) is 11.9. The molecule has 1 heterocycles. The third-order valence-corrected chi connectivity index (χ3v) is 6.20. The Labute approximate surface area is 209 Å². The van der Waals surface area contributed by atoms with E-state index in [1.807, 2.05) is 0 Å². The summed E-state index contributed by atoms with van der Waals surface area (Å²) >= 11 is 0. The van der Waals surface area contributed by atoms with Gasteiger partial charge in [0.25, 0.3) is 0 Å². The number of carboxylic acids is 1. The fraction of sp³-hybridized carbons (Fsp3) is 0.542. The highest BCUT2D eigenvalue weighted by atomic mass is 16.4. The smallest absolute Gasteiger partial charge is 0.326 e. The maximum Gasteiger partial charge on any atom is 0.326 e. The van der Waals surface area contributed by atoms with Crippen molar-refractivity contribution in [1.29, 1.82) is 0 Å². The van der Waals surface area contributed by atoms with Crippen LogP contribution in [0.15, 0.2) is 24.3 Å². The van der Waals surface area contributed by atoms with Gasteiger partial charge in [-0.05, 0) is 43.0 Å². The minimum absolute atomic E-state index is 0.0522. The average Bonchev–Trinajstić information content (AvgIpc) is 3.37. The number of aliphatic carboxylic acids is 1. The van der Waals surface area contributed by atoms with E-state index in [2.05, 4.69) is 21.3 Å². The zero-order chi connectivity index (χ0) is 26.8. The first-order chi connectivity index (χ1) is 17.0. The van der Waals surface area contributed by atoms with E-state index in [9.17, 15) is 34.2 Å². The van der Waals surface area contributed by atoms with Crippen LogP contribution in [0.25, 0.3) is 0 Å². The van der Waals surface area contributed by atoms with Gasteiger partial charge in [-0.25, -0.2) is 4.79 Å². The number of nitrogens with one attached hydrogen (secondary N) is 4. The summed E-state index contributed by atoms with van der Waals surface area (Å²) in [7, 11) is 0. The van der Waals surface area contributed by atoms with Gasteiger partial charge in [-0.2, -0.15) is 0 Å². The SMILES string of the molecule is CCC(C)C(NC(=O)C(Cc1ccc(O)cc1)NC(=O)C1CCCN1)C(=O)NC(CC(N)=O)C(=O)O. The number of rotatable bonds is 13. The molecule has 1 aliphatic heterocycles. The Hall–Kier alpha value is -3.67. The third-order valence-electron chi connectivity index (χ3n) is 6.20. The summed E-state index contributed by atoms with van der Waals surface area (Å²) in [6.45, 7) is 4.21. The normalized spacial score (nSPS) is 18.3. The summed E-state index contributed by atoms with van der Waals surface area (Å²) in [4.78, 5) is 61.7. The molecule has 5 unspecified atom stereocenters. The lowest BCUT2D eigenvalue weighted by Crippen LogP contribution is -2.59. The molecule has 12 heteroatoms. The van der Waals surface area contributed by atoms with Crippen molar-refractivity contribution in [2.45, 2.75) is 70.1 Å². The molecule has 1 aromatic rings. The van der Waals surface area contributed by atoms with Crippen molar-refractivity contribution in [2.24, 2.45) is 11.7 Å². The van der Waals surface area contributed by atoms with Gasteiger partial charge in [0.05, 0.1) is 12.5 Å². The average molecular weight is 506 g/mol. The van der Waals surface area contributed by atoms with Crippen LogP contribution in [0.1, 0.15) is 45.1 Å². The molecule has 1 aliphatic rings. The van der Waals surface area contributed by atoms with Crippen molar-refractivity contribution < 1.29 is 34.2 Å². The number of carbonyl (C=O) groups is 5. The molecular weight excluding hydrogens is 470 g/mol. The lowest BCUT2D eigenvalue weighted by Gasteiger charge is -2.28. The van der Waals surface area contributed by atoms with Crippen LogP contribution in [0, 0.1) is 5.92 Å². The molecule has 4 amide bonds. The number of phenols is 1. The number of benzene rings is 1. The highest BCUT2D eigenvalue weighted by Crippen LogP contribution is 2.14. The second-order valence-electron chi connectivity index (χ2n) is 9.02. The summed E-state index contributed by atoms with van der Waals surface area (Å²) in [6.07, 6.45) is 1.44. The zero-order valence-corrected chi connectivity index (χ0v) is 20.5. The molecule has 0 saturated carbocycles. The van der Waals surface area contributed by atoms with Crippen molar-refractivity contribution in [3.63, 3.8) is 0 Å². The molecule has 36 heavy (non-hydrogen) atoms. The molecular formula is C24H35N5O7. The van der Waals surface area contributed by atoms with E-state index >= 15 is 0 Å². The first-order valence-electron chi connectivity index (χ1n) is 11.9. The molecule has 0 spiro atoms. The van der Waals surface area contributed by atoms with Crippen LogP contribution in [0.4, 0.5) is 0 Å². The van der Waals surface area contributed by atoms with E-state index in [1.165, 1.54) is 12.1 Å². The predicted molar refractivity (Wildman–Crippen MR) is 130 cm³/mol. The first kappa shape index (κ1) is 28.6. The minimum Gasteiger partial charge on any atom is -0.508 e. The number of nitrogens with two attached hydrogens (primary N) is 1. The summed E-state index contributed by atoms with van der Waals surface area (Å²) < 4.78 is 0. The van der Waals surface area contributed by atoms with Crippen LogP contribution in [0.3, 0.4) is 0 Å². The topological polar surface area (TPSA) is 200 Å². The van der Waals surface area contributed by atoms with Gasteiger partial charge in [-0.1, -0.05) is 32.4 Å². The van der Waals surface area contributed by atoms with Crippen molar-refractivity contribution >= 4 is 29.6 Å². The predicted octanol–water partition coefficient (Wildman–Crippen LogP) is -0.853. The van der Waals surface area contributed by atoms with Crippen LogP contribution < -0.4 is 27.0 Å². The largest absolute Gasteiger partial charge is 0.508 e. The molecule has 12 nitrogen and oxygen atoms in total. The van der Waals surface area contributed by atoms with Crippen molar-refractivity contribution in [3.8, 4) is 5.75 Å². The van der Waals surface area contributed by atoms with Gasteiger partial charge >= 0.3 is 5.97 Å². The number of amides is 4. The van der Waals surface area contributed by atoms with Gasteiger partial charge < -0.3 is 37.2 Å². The minimum atomic E-state index is -1.54. The summed E-state index contributed by atoms with van der Waals surface area (Å²) in [6, 6.07) is 2.03. The Balaban J connectivity index is 2.22. The van der Waals surface area contributed by atoms with Crippen molar-refractivity contribution in [1.82, 2.24) is 21.3 Å². The Morgan fingerprint density at radius 2 is 1.72 bits per heavy atom. The monoisotopic (exact) mass is 505 g/mol. The third kappa shape index (κ3) is 8.52. The number of primary amides is 1. The highest BCUT2D eigenvalue weighted by molar-refractivity contribution is 5.95. The Morgan fingerprint density at radius 1 is 1.06 bits per heavy atom. The summed E-state index contributed by atoms with van der Waals surface area (Å²) in [5, 5.41) is 29.6. The second kappa shape index (κ2) is 13.4. The van der Waals surface area contributed by atoms with Gasteiger partial charge in [-0.15, -0.1) is 0 Å². The van der Waals surface area contributed by atoms with Crippen molar-refractivity contribution in [3.05, 3.63) is 29.8 Å². The number of carbonyl (C=O) groups excluding carboxylic acids is 4. The van der Waals surface area contributed by atoms with Crippen LogP contribution >= 0.6 is 0 Å². The van der Waals surface area contributed by atoms with Crippen LogP contribution in [0.5, 0.6) is 5.75 Å². The van der Waals surface area contributed by atoms with E-state index in [1.54, 1.807) is 26.0 Å². The lowest BCUT2D eigenvalue weighted by atomic mass is 9.96. The standard InChI is InChI=1S/C24H35N5O7/c1-3-13(2)20(23(34)28-18(24(35)36)12-19(25)31)29-22(33)17(11-14-6-8-15(30)9-7-14)27-21(32)16-5-4-10-26-16/h6-9,13,16-18,20,26,30H,3-5,10-12H2,1-2H3,(H2,25,31)(H,27,32)(H,28,34)(H,29,33)(H,35,36). The fourth-order valence-corrected chi connectivity index (χ4v) is 3.88. The van der Waals surface area contributed by atoms with Gasteiger partial charge in [0, 0.05) is 6.42 Å². The number of hydrogen-bond acceptors (Lipinski definition) is 7. The fourth-order valence-electron chi connectivity index (χ4n) is 3.88. The molecule has 5 atom stereocenters. The van der Waals surface area contributed by atoms with Crippen LogP contribution in [-0.4, -0.2) is 70.5 Å². The zero-order valence-electron chi connectivity index (χ0n) is 20.5. The highest BCUT2D eigenvalue weighted by Gasteiger charge is 2.34. The van der Waals surface area contributed by atoms with Gasteiger partial charge in [0.15, 0.2) is 0 Å². The Morgan fingerprint density at radius 3 is 2.25 bits per heavy atom. The Bertz CT molecular complexity index is 947. The molecule has 1 aromatic carbocycles. The summed E-state index contributed by atoms with van der Waals surface area (Å²) in [5.74, 6) is -4.42. The maximum absolute atomic E-state index is 13.3. The van der Waals surface area contributed by atoms with Crippen LogP contribution in [0.2, 0.25) is 0 Å². The lowest BCUT2D eigenvalue weighted by molar-refractivity contribution is -0.144. The van der Waals surface area contributed by atoms with E-state index in [-0.39, 0.29) is 18.1 Å². The van der Waals surface area contributed by atoms with Crippen molar-refractivity contribution in [2.75, 3.05) is 6.54 Å². The molecule has 1 saturated heterocycles. The molecule has 0 radical (unpaired) electrons. The molecule has 2 rings (SSSR count). The van der Waals surface area contributed by atoms with E-state index < -0.39 is 60.2 Å². The molecule has 8 N–H and O–H groups in total. The van der Waals surface area contributed by atoms with Gasteiger partial charge in [-0.3, -0.25) is 19.2 Å². The Kier molecular flexibility index (Phi) is 10.7. The number of hydrogen-bond donors (Lipinski definition) is 7. The molecule has 0 aliphatic carbocycles. The molecule has 0 aromatic heterocycles. The van der Waals surface area contributed by atoms with E-state index in [4.69, 9.17) is 5.73 Å².